The van der Waals surface area contributed by atoms with Crippen LogP contribution in [0.2, 0.25) is 0 Å². The highest BCUT2D eigenvalue weighted by Crippen LogP contribution is 2.28. The third kappa shape index (κ3) is 4.91. The van der Waals surface area contributed by atoms with Gasteiger partial charge in [0.15, 0.2) is 0 Å². The first-order valence-corrected chi connectivity index (χ1v) is 9.71. The van der Waals surface area contributed by atoms with Crippen LogP contribution >= 0.6 is 11.9 Å². The van der Waals surface area contributed by atoms with E-state index < -0.39 is 5.91 Å². The fourth-order valence-electron chi connectivity index (χ4n) is 3.12. The Morgan fingerprint density at radius 1 is 1.33 bits per heavy atom. The van der Waals surface area contributed by atoms with Crippen LogP contribution in [0.1, 0.15) is 29.9 Å². The molecule has 0 bridgehead atoms. The van der Waals surface area contributed by atoms with Crippen LogP contribution in [-0.4, -0.2) is 35.4 Å². The third-order valence-electron chi connectivity index (χ3n) is 4.59. The maximum Gasteiger partial charge on any atom is 0.267 e. The molecule has 1 saturated heterocycles. The van der Waals surface area contributed by atoms with Gasteiger partial charge in [0.25, 0.3) is 5.91 Å². The van der Waals surface area contributed by atoms with Crippen molar-refractivity contribution in [2.24, 2.45) is 0 Å². The Morgan fingerprint density at radius 2 is 2.07 bits per heavy atom. The Labute approximate surface area is 162 Å². The van der Waals surface area contributed by atoms with Crippen molar-refractivity contribution < 1.29 is 14.5 Å². The molecule has 3 N–H and O–H groups in total. The highest BCUT2D eigenvalue weighted by Gasteiger charge is 2.21. The fraction of sp³-hybridized carbons (Fsp3) is 0.368. The van der Waals surface area contributed by atoms with E-state index in [9.17, 15) is 4.79 Å². The smallest absolute Gasteiger partial charge is 0.267 e. The van der Waals surface area contributed by atoms with Crippen LogP contribution in [0.25, 0.3) is 6.08 Å². The quantitative estimate of drug-likeness (QED) is 0.303. The van der Waals surface area contributed by atoms with E-state index in [2.05, 4.69) is 20.8 Å². The minimum Gasteiger partial charge on any atom is -0.371 e. The molecule has 1 aromatic heterocycles. The van der Waals surface area contributed by atoms with E-state index in [4.69, 9.17) is 9.73 Å². The second-order valence-electron chi connectivity index (χ2n) is 6.50. The Bertz CT molecular complexity index is 794. The van der Waals surface area contributed by atoms with Crippen molar-refractivity contribution in [2.75, 3.05) is 18.0 Å². The number of nitrogens with one attached hydrogen (secondary N) is 2. The van der Waals surface area contributed by atoms with Gasteiger partial charge in [-0.1, -0.05) is 23.4 Å². The maximum atomic E-state index is 11.2. The summed E-state index contributed by atoms with van der Waals surface area (Å²) in [5.74, 6) is 0.305. The number of carbonyl (C=O) groups excluding carboxylic acids is 1. The number of para-hydroxylation sites is 1. The number of hydrogen-bond acceptors (Lipinski definition) is 7. The van der Waals surface area contributed by atoms with E-state index >= 15 is 0 Å². The molecular formula is C19H24N4O3S. The molecule has 0 saturated carbocycles. The second-order valence-corrected chi connectivity index (χ2v) is 7.35. The van der Waals surface area contributed by atoms with Gasteiger partial charge in [-0.3, -0.25) is 14.7 Å². The summed E-state index contributed by atoms with van der Waals surface area (Å²) in [5.41, 5.74) is 4.57. The van der Waals surface area contributed by atoms with Gasteiger partial charge in [-0.2, -0.15) is 0 Å². The van der Waals surface area contributed by atoms with E-state index in [1.807, 2.05) is 32.0 Å². The monoisotopic (exact) mass is 388 g/mol. The minimum absolute atomic E-state index is 0.419. The van der Waals surface area contributed by atoms with E-state index in [0.717, 1.165) is 53.5 Å². The molecule has 8 heteroatoms. The molecule has 0 unspecified atom stereocenters. The van der Waals surface area contributed by atoms with Crippen LogP contribution in [0.3, 0.4) is 0 Å². The first kappa shape index (κ1) is 19.5. The van der Waals surface area contributed by atoms with Crippen molar-refractivity contribution in [1.82, 2.24) is 15.4 Å². The van der Waals surface area contributed by atoms with Crippen molar-refractivity contribution in [3.63, 3.8) is 0 Å². The molecule has 0 atom stereocenters. The van der Waals surface area contributed by atoms with Gasteiger partial charge in [-0.05, 0) is 56.3 Å². The number of aromatic nitrogens is 1. The maximum absolute atomic E-state index is 11.2. The molecule has 1 aliphatic rings. The highest BCUT2D eigenvalue weighted by atomic mass is 32.2. The average Bonchev–Trinajstić information content (AvgIpc) is 3.02. The normalized spacial score (nSPS) is 15.4. The van der Waals surface area contributed by atoms with Gasteiger partial charge in [-0.25, -0.2) is 5.48 Å². The van der Waals surface area contributed by atoms with Crippen LogP contribution < -0.4 is 15.1 Å². The van der Waals surface area contributed by atoms with Gasteiger partial charge in [0.05, 0.1) is 10.6 Å². The second kappa shape index (κ2) is 9.07. The summed E-state index contributed by atoms with van der Waals surface area (Å²) in [4.78, 5) is 14.6. The van der Waals surface area contributed by atoms with E-state index in [1.165, 1.54) is 6.08 Å². The summed E-state index contributed by atoms with van der Waals surface area (Å²) in [6.45, 7) is 5.73. The number of hydroxylamine groups is 1. The standard InChI is InChI=1S/C19H24N4O3S/c1-13-19(14(2)26-21-13)27-22-16-9-11-23(12-10-16)17-6-4-3-5-15(17)7-8-18(24)20-25/h3-8,16,22,25H,9-12H2,1-2H3,(H,20,24)/b8-7+. The zero-order chi connectivity index (χ0) is 19.2. The third-order valence-corrected chi connectivity index (χ3v) is 5.83. The van der Waals surface area contributed by atoms with E-state index in [-0.39, 0.29) is 0 Å². The first-order valence-electron chi connectivity index (χ1n) is 8.90. The van der Waals surface area contributed by atoms with Gasteiger partial charge in [-0.15, -0.1) is 0 Å². The van der Waals surface area contributed by atoms with E-state index in [0.29, 0.717) is 6.04 Å². The van der Waals surface area contributed by atoms with Gasteiger partial charge < -0.3 is 9.42 Å². The summed E-state index contributed by atoms with van der Waals surface area (Å²) in [7, 11) is 0. The Hall–Kier alpha value is -2.29. The first-order chi connectivity index (χ1) is 13.1. The molecule has 3 rings (SSSR count). The molecule has 0 radical (unpaired) electrons. The van der Waals surface area contributed by atoms with Crippen molar-refractivity contribution in [3.05, 3.63) is 47.4 Å². The molecule has 1 fully saturated rings. The summed E-state index contributed by atoms with van der Waals surface area (Å²) in [6.07, 6.45) is 5.09. The molecule has 7 nitrogen and oxygen atoms in total. The van der Waals surface area contributed by atoms with Gasteiger partial charge in [0.1, 0.15) is 5.76 Å². The average molecular weight is 388 g/mol. The Kier molecular flexibility index (Phi) is 6.54. The number of piperidine rings is 1. The Morgan fingerprint density at radius 3 is 2.74 bits per heavy atom. The van der Waals surface area contributed by atoms with Crippen LogP contribution in [0, 0.1) is 13.8 Å². The lowest BCUT2D eigenvalue weighted by Gasteiger charge is -2.34. The molecular weight excluding hydrogens is 364 g/mol. The number of hydrogen-bond donors (Lipinski definition) is 3. The molecule has 144 valence electrons. The zero-order valence-electron chi connectivity index (χ0n) is 15.4. The van der Waals surface area contributed by atoms with E-state index in [1.54, 1.807) is 23.5 Å². The number of carbonyl (C=O) groups is 1. The lowest BCUT2D eigenvalue weighted by atomic mass is 10.0. The van der Waals surface area contributed by atoms with Crippen molar-refractivity contribution in [3.8, 4) is 0 Å². The number of aryl methyl sites for hydroxylation is 2. The van der Waals surface area contributed by atoms with Crippen molar-refractivity contribution in [2.45, 2.75) is 37.6 Å². The molecule has 1 aliphatic heterocycles. The van der Waals surface area contributed by atoms with Crippen LogP contribution in [-0.2, 0) is 4.79 Å². The molecule has 1 aromatic carbocycles. The van der Waals surface area contributed by atoms with Gasteiger partial charge in [0, 0.05) is 30.9 Å². The van der Waals surface area contributed by atoms with Gasteiger partial charge >= 0.3 is 0 Å². The van der Waals surface area contributed by atoms with Crippen LogP contribution in [0.4, 0.5) is 5.69 Å². The SMILES string of the molecule is Cc1noc(C)c1SNC1CCN(c2ccccc2/C=C/C(=O)NO)CC1. The molecule has 27 heavy (non-hydrogen) atoms. The lowest BCUT2D eigenvalue weighted by Crippen LogP contribution is -2.40. The minimum atomic E-state index is -0.538. The number of rotatable bonds is 6. The molecule has 0 aliphatic carbocycles. The predicted molar refractivity (Wildman–Crippen MR) is 106 cm³/mol. The highest BCUT2D eigenvalue weighted by molar-refractivity contribution is 7.97. The molecule has 2 heterocycles. The predicted octanol–water partition coefficient (Wildman–Crippen LogP) is 3.08. The summed E-state index contributed by atoms with van der Waals surface area (Å²) < 4.78 is 8.74. The van der Waals surface area contributed by atoms with Crippen molar-refractivity contribution in [1.29, 1.82) is 0 Å². The summed E-state index contributed by atoms with van der Waals surface area (Å²) in [5, 5.41) is 12.6. The van der Waals surface area contributed by atoms with Crippen LogP contribution in [0.5, 0.6) is 0 Å². The molecule has 0 spiro atoms. The van der Waals surface area contributed by atoms with Gasteiger partial charge in [0.2, 0.25) is 0 Å². The van der Waals surface area contributed by atoms with Crippen molar-refractivity contribution >= 4 is 29.6 Å². The Balaban J connectivity index is 1.58. The van der Waals surface area contributed by atoms with Crippen LogP contribution in [0.15, 0.2) is 39.8 Å². The number of anilines is 1. The zero-order valence-corrected chi connectivity index (χ0v) is 16.3. The molecule has 2 aromatic rings. The number of amides is 1. The topological polar surface area (TPSA) is 90.6 Å². The number of nitrogens with zero attached hydrogens (tertiary/aromatic N) is 2. The largest absolute Gasteiger partial charge is 0.371 e. The summed E-state index contributed by atoms with van der Waals surface area (Å²) >= 11 is 1.60. The molecule has 1 amide bonds. The lowest BCUT2D eigenvalue weighted by molar-refractivity contribution is -0.124. The fourth-order valence-corrected chi connectivity index (χ4v) is 4.01. The number of benzene rings is 1. The summed E-state index contributed by atoms with van der Waals surface area (Å²) in [6, 6.07) is 8.38.